The zero-order chi connectivity index (χ0) is 23.3. The standard InChI is InChI=1S/C22H14ClF4N5O/c23-19-18(21(33)31-6-5-12(10-31)15-3-1-2-4-17(15)24)30-20-16(22(25,26)27)7-13(11-32(19)20)14-8-28-29-9-14/h1-5,7-9,11H,6,10H2,(H,28,29). The van der Waals surface area contributed by atoms with Gasteiger partial charge in [-0.3, -0.25) is 14.3 Å². The lowest BCUT2D eigenvalue weighted by molar-refractivity contribution is -0.136. The van der Waals surface area contributed by atoms with Gasteiger partial charge in [-0.05, 0) is 17.7 Å². The summed E-state index contributed by atoms with van der Waals surface area (Å²) in [6.45, 7) is 0.232. The Hall–Kier alpha value is -3.66. The fraction of sp³-hybridized carbons (Fsp3) is 0.136. The Morgan fingerprint density at radius 2 is 1.97 bits per heavy atom. The SMILES string of the molecule is O=C(c1nc2c(C(F)(F)F)cc(-c3cn[nH]c3)cn2c1Cl)N1CC=C(c2ccccc2F)C1. The van der Waals surface area contributed by atoms with E-state index >= 15 is 0 Å². The normalized spacial score (nSPS) is 14.2. The van der Waals surface area contributed by atoms with Crippen LogP contribution in [0, 0.1) is 5.82 Å². The van der Waals surface area contributed by atoms with Gasteiger partial charge in [0.2, 0.25) is 0 Å². The van der Waals surface area contributed by atoms with E-state index in [1.54, 1.807) is 24.3 Å². The lowest BCUT2D eigenvalue weighted by Crippen LogP contribution is -2.29. The fourth-order valence-electron chi connectivity index (χ4n) is 3.80. The van der Waals surface area contributed by atoms with E-state index in [2.05, 4.69) is 15.2 Å². The number of hydrogen-bond acceptors (Lipinski definition) is 3. The van der Waals surface area contributed by atoms with Crippen LogP contribution in [0.2, 0.25) is 5.15 Å². The van der Waals surface area contributed by atoms with Crippen LogP contribution in [0.25, 0.3) is 22.3 Å². The number of carbonyl (C=O) groups is 1. The van der Waals surface area contributed by atoms with E-state index in [4.69, 9.17) is 11.6 Å². The molecule has 4 aromatic rings. The number of aromatic amines is 1. The molecule has 1 aliphatic rings. The minimum absolute atomic E-state index is 0.0797. The van der Waals surface area contributed by atoms with Gasteiger partial charge in [0.25, 0.3) is 5.91 Å². The van der Waals surface area contributed by atoms with E-state index in [1.807, 2.05) is 0 Å². The van der Waals surface area contributed by atoms with Crippen LogP contribution in [0.1, 0.15) is 21.6 Å². The Morgan fingerprint density at radius 3 is 2.67 bits per heavy atom. The molecule has 0 radical (unpaired) electrons. The highest BCUT2D eigenvalue weighted by molar-refractivity contribution is 6.33. The van der Waals surface area contributed by atoms with Crippen LogP contribution in [0.15, 0.2) is 55.0 Å². The number of carbonyl (C=O) groups excluding carboxylic acids is 1. The van der Waals surface area contributed by atoms with Gasteiger partial charge in [0.15, 0.2) is 11.3 Å². The number of aromatic nitrogens is 4. The van der Waals surface area contributed by atoms with Crippen LogP contribution in [0.3, 0.4) is 0 Å². The number of fused-ring (bicyclic) bond motifs is 1. The highest BCUT2D eigenvalue weighted by Gasteiger charge is 2.37. The van der Waals surface area contributed by atoms with Gasteiger partial charge in [-0.25, -0.2) is 9.37 Å². The molecule has 0 saturated heterocycles. The van der Waals surface area contributed by atoms with Crippen molar-refractivity contribution in [2.24, 2.45) is 0 Å². The minimum atomic E-state index is -4.73. The van der Waals surface area contributed by atoms with E-state index in [0.29, 0.717) is 16.7 Å². The van der Waals surface area contributed by atoms with Crippen LogP contribution in [0.5, 0.6) is 0 Å². The Labute approximate surface area is 189 Å². The van der Waals surface area contributed by atoms with Crippen LogP contribution in [-0.2, 0) is 6.18 Å². The monoisotopic (exact) mass is 475 g/mol. The van der Waals surface area contributed by atoms with E-state index in [0.717, 1.165) is 10.5 Å². The molecule has 3 aromatic heterocycles. The third kappa shape index (κ3) is 3.66. The lowest BCUT2D eigenvalue weighted by Gasteiger charge is -2.15. The molecule has 6 nitrogen and oxygen atoms in total. The van der Waals surface area contributed by atoms with Gasteiger partial charge in [-0.15, -0.1) is 0 Å². The molecule has 4 heterocycles. The van der Waals surface area contributed by atoms with E-state index in [9.17, 15) is 22.4 Å². The quantitative estimate of drug-likeness (QED) is 0.420. The second-order valence-electron chi connectivity index (χ2n) is 7.47. The Balaban J connectivity index is 1.53. The molecule has 0 unspecified atom stereocenters. The molecule has 1 aliphatic heterocycles. The number of rotatable bonds is 3. The maximum absolute atomic E-state index is 14.1. The molecule has 5 rings (SSSR count). The maximum atomic E-state index is 14.1. The molecule has 1 aromatic carbocycles. The van der Waals surface area contributed by atoms with Crippen molar-refractivity contribution in [3.8, 4) is 11.1 Å². The van der Waals surface area contributed by atoms with Gasteiger partial charge >= 0.3 is 6.18 Å². The Bertz CT molecular complexity index is 1410. The molecule has 0 aliphatic carbocycles. The van der Waals surface area contributed by atoms with Crippen LogP contribution in [-0.4, -0.2) is 43.5 Å². The highest BCUT2D eigenvalue weighted by atomic mass is 35.5. The molecular formula is C22H14ClF4N5O. The summed E-state index contributed by atoms with van der Waals surface area (Å²) in [4.78, 5) is 18.4. The Kier molecular flexibility index (Phi) is 4.97. The van der Waals surface area contributed by atoms with E-state index in [1.165, 1.54) is 29.6 Å². The smallest absolute Gasteiger partial charge is 0.329 e. The predicted octanol–water partition coefficient (Wildman–Crippen LogP) is 5.08. The molecule has 168 valence electrons. The average Bonchev–Trinajstić information content (AvgIpc) is 3.53. The van der Waals surface area contributed by atoms with Gasteiger partial charge in [-0.2, -0.15) is 18.3 Å². The van der Waals surface area contributed by atoms with Crippen molar-refractivity contribution in [3.05, 3.63) is 82.8 Å². The van der Waals surface area contributed by atoms with Crippen molar-refractivity contribution in [2.45, 2.75) is 6.18 Å². The summed E-state index contributed by atoms with van der Waals surface area (Å²) in [7, 11) is 0. The van der Waals surface area contributed by atoms with Crippen molar-refractivity contribution in [3.63, 3.8) is 0 Å². The number of benzene rings is 1. The predicted molar refractivity (Wildman–Crippen MR) is 113 cm³/mol. The van der Waals surface area contributed by atoms with Gasteiger partial charge in [0.05, 0.1) is 11.8 Å². The number of pyridine rings is 1. The molecule has 1 amide bonds. The van der Waals surface area contributed by atoms with Gasteiger partial charge in [0.1, 0.15) is 11.0 Å². The highest BCUT2D eigenvalue weighted by Crippen LogP contribution is 2.37. The second kappa shape index (κ2) is 7.73. The fourth-order valence-corrected chi connectivity index (χ4v) is 4.06. The molecular weight excluding hydrogens is 462 g/mol. The van der Waals surface area contributed by atoms with Gasteiger partial charge in [-0.1, -0.05) is 35.9 Å². The zero-order valence-electron chi connectivity index (χ0n) is 16.7. The first-order chi connectivity index (χ1) is 15.7. The second-order valence-corrected chi connectivity index (χ2v) is 7.82. The van der Waals surface area contributed by atoms with Gasteiger partial charge in [0, 0.05) is 42.2 Å². The maximum Gasteiger partial charge on any atom is 0.420 e. The number of nitrogens with one attached hydrogen (secondary N) is 1. The third-order valence-electron chi connectivity index (χ3n) is 5.43. The van der Waals surface area contributed by atoms with E-state index in [-0.39, 0.29) is 29.5 Å². The zero-order valence-corrected chi connectivity index (χ0v) is 17.5. The topological polar surface area (TPSA) is 66.3 Å². The summed E-state index contributed by atoms with van der Waals surface area (Å²) in [6, 6.07) is 7.09. The molecule has 1 N–H and O–H groups in total. The van der Waals surface area contributed by atoms with Crippen LogP contribution in [0.4, 0.5) is 17.6 Å². The van der Waals surface area contributed by atoms with Crippen molar-refractivity contribution >= 4 is 28.7 Å². The largest absolute Gasteiger partial charge is 0.420 e. The number of amides is 1. The molecule has 0 atom stereocenters. The lowest BCUT2D eigenvalue weighted by atomic mass is 10.1. The first-order valence-electron chi connectivity index (χ1n) is 9.75. The molecule has 0 spiro atoms. The van der Waals surface area contributed by atoms with Crippen molar-refractivity contribution in [2.75, 3.05) is 13.1 Å². The van der Waals surface area contributed by atoms with Crippen LogP contribution >= 0.6 is 11.6 Å². The summed E-state index contributed by atoms with van der Waals surface area (Å²) in [6.07, 6.45) is 1.15. The van der Waals surface area contributed by atoms with Crippen molar-refractivity contribution in [1.29, 1.82) is 0 Å². The van der Waals surface area contributed by atoms with Crippen molar-refractivity contribution in [1.82, 2.24) is 24.5 Å². The first-order valence-corrected chi connectivity index (χ1v) is 10.1. The van der Waals surface area contributed by atoms with Crippen LogP contribution < -0.4 is 0 Å². The number of imidazole rings is 1. The molecule has 33 heavy (non-hydrogen) atoms. The van der Waals surface area contributed by atoms with E-state index < -0.39 is 29.1 Å². The molecule has 11 heteroatoms. The van der Waals surface area contributed by atoms with Gasteiger partial charge < -0.3 is 4.90 Å². The third-order valence-corrected chi connectivity index (χ3v) is 5.79. The summed E-state index contributed by atoms with van der Waals surface area (Å²) >= 11 is 6.35. The summed E-state index contributed by atoms with van der Waals surface area (Å²) in [5.74, 6) is -1.07. The number of halogens is 5. The summed E-state index contributed by atoms with van der Waals surface area (Å²) in [5, 5.41) is 6.06. The molecule has 0 fully saturated rings. The van der Waals surface area contributed by atoms with Crippen molar-refractivity contribution < 1.29 is 22.4 Å². The number of alkyl halides is 3. The number of H-pyrrole nitrogens is 1. The summed E-state index contributed by atoms with van der Waals surface area (Å²) < 4.78 is 56.6. The minimum Gasteiger partial charge on any atom is -0.329 e. The first kappa shape index (κ1) is 21.2. The summed E-state index contributed by atoms with van der Waals surface area (Å²) in [5.41, 5.74) is -0.254. The molecule has 0 saturated carbocycles. The number of nitrogens with zero attached hydrogens (tertiary/aromatic N) is 4. The number of hydrogen-bond donors (Lipinski definition) is 1. The molecule has 0 bridgehead atoms. The average molecular weight is 476 g/mol. The Morgan fingerprint density at radius 1 is 1.18 bits per heavy atom.